The number of aliphatic hydroxyl groups excluding tert-OH is 1. The summed E-state index contributed by atoms with van der Waals surface area (Å²) in [6.07, 6.45) is 1.95. The lowest BCUT2D eigenvalue weighted by Crippen LogP contribution is -2.26. The number of phenols is 1. The van der Waals surface area contributed by atoms with Gasteiger partial charge in [-0.2, -0.15) is 0 Å². The lowest BCUT2D eigenvalue weighted by atomic mass is 9.97. The maximum atomic E-state index is 9.89. The highest BCUT2D eigenvalue weighted by atomic mass is 16.5. The minimum atomic E-state index is -0.630. The van der Waals surface area contributed by atoms with Gasteiger partial charge in [-0.3, -0.25) is 0 Å². The van der Waals surface area contributed by atoms with E-state index in [1.807, 2.05) is 0 Å². The number of ether oxygens (including phenoxy) is 1. The number of aromatic hydroxyl groups is 1. The summed E-state index contributed by atoms with van der Waals surface area (Å²) >= 11 is 0. The van der Waals surface area contributed by atoms with Gasteiger partial charge < -0.3 is 20.7 Å². The van der Waals surface area contributed by atoms with Crippen molar-refractivity contribution < 1.29 is 14.9 Å². The zero-order chi connectivity index (χ0) is 12.8. The smallest absolute Gasteiger partial charge is 0.124 e. The van der Waals surface area contributed by atoms with Crippen LogP contribution in [-0.4, -0.2) is 23.4 Å². The van der Waals surface area contributed by atoms with Crippen LogP contribution in [0.4, 0.5) is 0 Å². The highest BCUT2D eigenvalue weighted by molar-refractivity contribution is 5.41. The van der Waals surface area contributed by atoms with E-state index in [0.717, 1.165) is 12.8 Å². The van der Waals surface area contributed by atoms with Gasteiger partial charge in [0.25, 0.3) is 0 Å². The number of rotatable bonds is 6. The number of unbranched alkanes of at least 4 members (excludes halogenated alkanes) is 1. The van der Waals surface area contributed by atoms with Crippen molar-refractivity contribution in [2.24, 2.45) is 5.73 Å². The van der Waals surface area contributed by atoms with Gasteiger partial charge in [-0.25, -0.2) is 0 Å². The molecule has 0 bridgehead atoms. The fourth-order valence-corrected chi connectivity index (χ4v) is 1.73. The third-order valence-electron chi connectivity index (χ3n) is 2.86. The molecule has 0 aliphatic carbocycles. The molecule has 1 aromatic rings. The second-order valence-electron chi connectivity index (χ2n) is 4.16. The molecule has 0 amide bonds. The molecule has 0 aliphatic heterocycles. The van der Waals surface area contributed by atoms with Crippen molar-refractivity contribution in [3.8, 4) is 11.5 Å². The van der Waals surface area contributed by atoms with Crippen LogP contribution in [0.2, 0.25) is 0 Å². The Bertz CT molecular complexity index is 355. The number of phenolic OH excluding ortho intramolecular Hbond substituents is 1. The van der Waals surface area contributed by atoms with E-state index < -0.39 is 12.1 Å². The summed E-state index contributed by atoms with van der Waals surface area (Å²) < 4.78 is 4.99. The van der Waals surface area contributed by atoms with E-state index >= 15 is 0 Å². The van der Waals surface area contributed by atoms with E-state index in [2.05, 4.69) is 6.92 Å². The van der Waals surface area contributed by atoms with Crippen LogP contribution in [0.15, 0.2) is 18.2 Å². The van der Waals surface area contributed by atoms with Gasteiger partial charge >= 0.3 is 0 Å². The average Bonchev–Trinajstić information content (AvgIpc) is 2.34. The minimum Gasteiger partial charge on any atom is -0.507 e. The van der Waals surface area contributed by atoms with Gasteiger partial charge in [-0.15, -0.1) is 0 Å². The molecule has 1 aromatic carbocycles. The third-order valence-corrected chi connectivity index (χ3v) is 2.86. The van der Waals surface area contributed by atoms with Gasteiger partial charge in [0, 0.05) is 11.6 Å². The first-order valence-corrected chi connectivity index (χ1v) is 5.90. The summed E-state index contributed by atoms with van der Waals surface area (Å²) in [5, 5.41) is 19.7. The standard InChI is InChI=1S/C13H21NO3/c1-3-4-5-11(15)13(14)10-7-6-9(17-2)8-12(10)16/h6-8,11,13,15-16H,3-5,14H2,1-2H3/t11-,13+/m0/s1. The molecule has 17 heavy (non-hydrogen) atoms. The monoisotopic (exact) mass is 239 g/mol. The van der Waals surface area contributed by atoms with Crippen LogP contribution >= 0.6 is 0 Å². The molecule has 0 saturated heterocycles. The van der Waals surface area contributed by atoms with Crippen LogP contribution in [0, 0.1) is 0 Å². The molecular weight excluding hydrogens is 218 g/mol. The van der Waals surface area contributed by atoms with Gasteiger partial charge in [-0.05, 0) is 18.6 Å². The Kier molecular flexibility index (Phi) is 5.25. The van der Waals surface area contributed by atoms with Crippen molar-refractivity contribution in [2.45, 2.75) is 38.3 Å². The van der Waals surface area contributed by atoms with Crippen molar-refractivity contribution in [2.75, 3.05) is 7.11 Å². The average molecular weight is 239 g/mol. The molecular formula is C13H21NO3. The quantitative estimate of drug-likeness (QED) is 0.709. The second kappa shape index (κ2) is 6.47. The number of benzene rings is 1. The largest absolute Gasteiger partial charge is 0.507 e. The van der Waals surface area contributed by atoms with Gasteiger partial charge in [-0.1, -0.05) is 19.8 Å². The molecule has 0 saturated carbocycles. The number of nitrogens with two attached hydrogens (primary N) is 1. The Labute approximate surface area is 102 Å². The molecule has 4 heteroatoms. The Morgan fingerprint density at radius 2 is 2.12 bits per heavy atom. The van der Waals surface area contributed by atoms with E-state index in [-0.39, 0.29) is 5.75 Å². The van der Waals surface area contributed by atoms with E-state index in [9.17, 15) is 10.2 Å². The third kappa shape index (κ3) is 3.61. The molecule has 0 spiro atoms. The van der Waals surface area contributed by atoms with Gasteiger partial charge in [0.15, 0.2) is 0 Å². The first-order valence-electron chi connectivity index (χ1n) is 5.90. The maximum absolute atomic E-state index is 9.89. The first kappa shape index (κ1) is 13.8. The molecule has 0 unspecified atom stereocenters. The zero-order valence-corrected chi connectivity index (χ0v) is 10.4. The lowest BCUT2D eigenvalue weighted by Gasteiger charge is -2.20. The van der Waals surface area contributed by atoms with E-state index in [0.29, 0.717) is 17.7 Å². The van der Waals surface area contributed by atoms with Crippen LogP contribution in [0.5, 0.6) is 11.5 Å². The predicted octanol–water partition coefficient (Wildman–Crippen LogP) is 1.95. The van der Waals surface area contributed by atoms with E-state index in [1.54, 1.807) is 12.1 Å². The summed E-state index contributed by atoms with van der Waals surface area (Å²) in [6, 6.07) is 4.35. The van der Waals surface area contributed by atoms with E-state index in [1.165, 1.54) is 13.2 Å². The van der Waals surface area contributed by atoms with Gasteiger partial charge in [0.05, 0.1) is 19.3 Å². The Morgan fingerprint density at radius 1 is 1.41 bits per heavy atom. The summed E-state index contributed by atoms with van der Waals surface area (Å²) in [5.41, 5.74) is 6.47. The molecule has 0 heterocycles. The second-order valence-corrected chi connectivity index (χ2v) is 4.16. The van der Waals surface area contributed by atoms with Crippen molar-refractivity contribution in [3.63, 3.8) is 0 Å². The van der Waals surface area contributed by atoms with Crippen molar-refractivity contribution in [1.29, 1.82) is 0 Å². The summed E-state index contributed by atoms with van der Waals surface area (Å²) in [7, 11) is 1.53. The summed E-state index contributed by atoms with van der Waals surface area (Å²) in [6.45, 7) is 2.06. The Morgan fingerprint density at radius 3 is 2.65 bits per heavy atom. The molecule has 96 valence electrons. The van der Waals surface area contributed by atoms with Crippen molar-refractivity contribution >= 4 is 0 Å². The van der Waals surface area contributed by atoms with Crippen LogP contribution < -0.4 is 10.5 Å². The first-order chi connectivity index (χ1) is 8.10. The van der Waals surface area contributed by atoms with Gasteiger partial charge in [0.2, 0.25) is 0 Å². The minimum absolute atomic E-state index is 0.0624. The molecule has 0 aliphatic rings. The van der Waals surface area contributed by atoms with E-state index in [4.69, 9.17) is 10.5 Å². The van der Waals surface area contributed by atoms with Gasteiger partial charge in [0.1, 0.15) is 11.5 Å². The number of hydrogen-bond acceptors (Lipinski definition) is 4. The van der Waals surface area contributed by atoms with Crippen LogP contribution in [0.1, 0.15) is 37.8 Å². The molecule has 4 nitrogen and oxygen atoms in total. The summed E-state index contributed by atoms with van der Waals surface area (Å²) in [4.78, 5) is 0. The lowest BCUT2D eigenvalue weighted by molar-refractivity contribution is 0.131. The fourth-order valence-electron chi connectivity index (χ4n) is 1.73. The molecule has 0 aromatic heterocycles. The van der Waals surface area contributed by atoms with Crippen LogP contribution in [0.25, 0.3) is 0 Å². The summed E-state index contributed by atoms with van der Waals surface area (Å²) in [5.74, 6) is 0.633. The van der Waals surface area contributed by atoms with Crippen LogP contribution in [-0.2, 0) is 0 Å². The predicted molar refractivity (Wildman–Crippen MR) is 67.1 cm³/mol. The molecule has 0 radical (unpaired) electrons. The molecule has 0 fully saturated rings. The van der Waals surface area contributed by atoms with Crippen molar-refractivity contribution in [3.05, 3.63) is 23.8 Å². The molecule has 2 atom stereocenters. The molecule has 1 rings (SSSR count). The SMILES string of the molecule is CCCC[C@H](O)[C@H](N)c1ccc(OC)cc1O. The number of methoxy groups -OCH3 is 1. The number of aliphatic hydroxyl groups is 1. The fraction of sp³-hybridized carbons (Fsp3) is 0.538. The normalized spacial score (nSPS) is 14.4. The zero-order valence-electron chi connectivity index (χ0n) is 10.4. The Balaban J connectivity index is 2.77. The van der Waals surface area contributed by atoms with Crippen LogP contribution in [0.3, 0.4) is 0 Å². The highest BCUT2D eigenvalue weighted by Crippen LogP contribution is 2.29. The van der Waals surface area contributed by atoms with Crippen molar-refractivity contribution in [1.82, 2.24) is 0 Å². The number of hydrogen-bond donors (Lipinski definition) is 3. The molecule has 4 N–H and O–H groups in total. The topological polar surface area (TPSA) is 75.7 Å². The maximum Gasteiger partial charge on any atom is 0.124 e. The Hall–Kier alpha value is -1.26. The highest BCUT2D eigenvalue weighted by Gasteiger charge is 2.19.